The van der Waals surface area contributed by atoms with Crippen molar-refractivity contribution in [2.24, 2.45) is 0 Å². The van der Waals surface area contributed by atoms with Crippen molar-refractivity contribution in [3.8, 4) is 17.1 Å². The number of ether oxygens (including phenoxy) is 1. The Kier molecular flexibility index (Phi) is 4.39. The number of hydrogen-bond donors (Lipinski definition) is 1. The molecule has 3 aromatic rings. The van der Waals surface area contributed by atoms with Gasteiger partial charge in [-0.3, -0.25) is 4.79 Å². The third-order valence-corrected chi connectivity index (χ3v) is 4.53. The molecule has 1 aromatic heterocycles. The van der Waals surface area contributed by atoms with Crippen LogP contribution in [0.4, 0.5) is 0 Å². The predicted molar refractivity (Wildman–Crippen MR) is 97.7 cm³/mol. The van der Waals surface area contributed by atoms with E-state index in [2.05, 4.69) is 5.32 Å². The Hall–Kier alpha value is -3.15. The highest BCUT2D eigenvalue weighted by Gasteiger charge is 2.28. The average Bonchev–Trinajstić information content (AvgIpc) is 3.29. The molecule has 1 aliphatic rings. The van der Waals surface area contributed by atoms with Crippen LogP contribution in [-0.4, -0.2) is 27.8 Å². The van der Waals surface area contributed by atoms with E-state index >= 15 is 0 Å². The first-order chi connectivity index (χ1) is 12.7. The molecule has 6 heteroatoms. The van der Waals surface area contributed by atoms with Crippen LogP contribution < -0.4 is 10.1 Å². The van der Waals surface area contributed by atoms with E-state index in [9.17, 15) is 4.79 Å². The molecule has 1 atom stereocenters. The van der Waals surface area contributed by atoms with Gasteiger partial charge in [-0.15, -0.1) is 0 Å². The van der Waals surface area contributed by atoms with Crippen molar-refractivity contribution in [2.75, 3.05) is 7.11 Å². The molecular weight excluding hydrogens is 328 g/mol. The number of aromatic nitrogens is 3. The van der Waals surface area contributed by atoms with Crippen LogP contribution in [0.5, 0.6) is 5.75 Å². The average molecular weight is 348 g/mol. The minimum atomic E-state index is -0.0919. The SMILES string of the molecule is COc1ccc(Cn2nc(-c3ccccc3)nc2[C@H]2CCC(=O)N2)cc1. The number of carbonyl (C=O) groups excluding carboxylic acids is 1. The summed E-state index contributed by atoms with van der Waals surface area (Å²) in [4.78, 5) is 16.4. The normalized spacial score (nSPS) is 16.5. The van der Waals surface area contributed by atoms with Crippen LogP contribution in [0.2, 0.25) is 0 Å². The summed E-state index contributed by atoms with van der Waals surface area (Å²) in [5, 5.41) is 7.71. The van der Waals surface area contributed by atoms with Gasteiger partial charge in [-0.05, 0) is 24.1 Å². The summed E-state index contributed by atoms with van der Waals surface area (Å²) in [6, 6.07) is 17.7. The van der Waals surface area contributed by atoms with E-state index in [4.69, 9.17) is 14.8 Å². The maximum atomic E-state index is 11.7. The second-order valence-corrected chi connectivity index (χ2v) is 6.32. The van der Waals surface area contributed by atoms with Gasteiger partial charge in [-0.2, -0.15) is 5.10 Å². The van der Waals surface area contributed by atoms with Crippen molar-refractivity contribution in [2.45, 2.75) is 25.4 Å². The topological polar surface area (TPSA) is 69.0 Å². The monoisotopic (exact) mass is 348 g/mol. The lowest BCUT2D eigenvalue weighted by Crippen LogP contribution is -2.22. The second-order valence-electron chi connectivity index (χ2n) is 6.32. The molecule has 1 saturated heterocycles. The van der Waals surface area contributed by atoms with E-state index in [-0.39, 0.29) is 11.9 Å². The van der Waals surface area contributed by atoms with Crippen LogP contribution in [0.3, 0.4) is 0 Å². The Balaban J connectivity index is 1.68. The zero-order valence-corrected chi connectivity index (χ0v) is 14.6. The minimum Gasteiger partial charge on any atom is -0.497 e. The highest BCUT2D eigenvalue weighted by Crippen LogP contribution is 2.26. The maximum absolute atomic E-state index is 11.7. The predicted octanol–water partition coefficient (Wildman–Crippen LogP) is 2.95. The number of rotatable bonds is 5. The summed E-state index contributed by atoms with van der Waals surface area (Å²) in [6.07, 6.45) is 1.27. The van der Waals surface area contributed by atoms with Gasteiger partial charge in [-0.1, -0.05) is 42.5 Å². The Labute approximate surface area is 151 Å². The van der Waals surface area contributed by atoms with E-state index < -0.39 is 0 Å². The molecule has 2 heterocycles. The van der Waals surface area contributed by atoms with Crippen molar-refractivity contribution in [3.05, 3.63) is 66.0 Å². The van der Waals surface area contributed by atoms with Gasteiger partial charge in [0.15, 0.2) is 11.6 Å². The molecule has 0 aliphatic carbocycles. The van der Waals surface area contributed by atoms with Gasteiger partial charge in [0.1, 0.15) is 5.75 Å². The molecule has 1 N–H and O–H groups in total. The summed E-state index contributed by atoms with van der Waals surface area (Å²) in [5.74, 6) is 2.36. The van der Waals surface area contributed by atoms with Crippen LogP contribution in [-0.2, 0) is 11.3 Å². The first kappa shape index (κ1) is 16.3. The fourth-order valence-electron chi connectivity index (χ4n) is 3.15. The van der Waals surface area contributed by atoms with Gasteiger partial charge in [-0.25, -0.2) is 9.67 Å². The molecule has 1 aliphatic heterocycles. The van der Waals surface area contributed by atoms with Gasteiger partial charge >= 0.3 is 0 Å². The van der Waals surface area contributed by atoms with E-state index in [0.717, 1.165) is 29.1 Å². The molecule has 26 heavy (non-hydrogen) atoms. The molecule has 0 unspecified atom stereocenters. The fraction of sp³-hybridized carbons (Fsp3) is 0.250. The van der Waals surface area contributed by atoms with Crippen molar-refractivity contribution >= 4 is 5.91 Å². The van der Waals surface area contributed by atoms with E-state index in [1.165, 1.54) is 0 Å². The summed E-state index contributed by atoms with van der Waals surface area (Å²) in [5.41, 5.74) is 2.06. The standard InChI is InChI=1S/C20H20N4O2/c1-26-16-9-7-14(8-10-16)13-24-20(17-11-12-18(25)21-17)22-19(23-24)15-5-3-2-4-6-15/h2-10,17H,11-13H2,1H3,(H,21,25)/t17-/m1/s1. The lowest BCUT2D eigenvalue weighted by Gasteiger charge is -2.11. The molecule has 1 fully saturated rings. The Morgan fingerprint density at radius 2 is 1.92 bits per heavy atom. The lowest BCUT2D eigenvalue weighted by atomic mass is 10.2. The highest BCUT2D eigenvalue weighted by molar-refractivity contribution is 5.78. The van der Waals surface area contributed by atoms with Gasteiger partial charge in [0.2, 0.25) is 5.91 Å². The van der Waals surface area contributed by atoms with Gasteiger partial charge in [0.05, 0.1) is 19.7 Å². The van der Waals surface area contributed by atoms with Crippen molar-refractivity contribution in [3.63, 3.8) is 0 Å². The number of benzene rings is 2. The number of nitrogens with one attached hydrogen (secondary N) is 1. The largest absolute Gasteiger partial charge is 0.497 e. The van der Waals surface area contributed by atoms with Gasteiger partial charge < -0.3 is 10.1 Å². The number of carbonyl (C=O) groups is 1. The Bertz CT molecular complexity index is 903. The first-order valence-electron chi connectivity index (χ1n) is 8.65. The smallest absolute Gasteiger partial charge is 0.220 e. The third-order valence-electron chi connectivity index (χ3n) is 4.53. The third kappa shape index (κ3) is 3.31. The van der Waals surface area contributed by atoms with Crippen LogP contribution >= 0.6 is 0 Å². The molecule has 0 spiro atoms. The molecule has 4 rings (SSSR count). The summed E-state index contributed by atoms with van der Waals surface area (Å²) < 4.78 is 7.11. The number of nitrogens with zero attached hydrogens (tertiary/aromatic N) is 3. The van der Waals surface area contributed by atoms with Crippen LogP contribution in [0, 0.1) is 0 Å². The molecule has 1 amide bonds. The molecule has 6 nitrogen and oxygen atoms in total. The van der Waals surface area contributed by atoms with E-state index in [1.54, 1.807) is 7.11 Å². The quantitative estimate of drug-likeness (QED) is 0.770. The lowest BCUT2D eigenvalue weighted by molar-refractivity contribution is -0.119. The minimum absolute atomic E-state index is 0.0651. The summed E-state index contributed by atoms with van der Waals surface area (Å²) in [6.45, 7) is 0.589. The molecule has 2 aromatic carbocycles. The molecule has 132 valence electrons. The number of hydrogen-bond acceptors (Lipinski definition) is 4. The number of methoxy groups -OCH3 is 1. The number of amides is 1. The first-order valence-corrected chi connectivity index (χ1v) is 8.65. The molecular formula is C20H20N4O2. The van der Waals surface area contributed by atoms with E-state index in [0.29, 0.717) is 18.8 Å². The molecule has 0 radical (unpaired) electrons. The maximum Gasteiger partial charge on any atom is 0.220 e. The molecule has 0 saturated carbocycles. The van der Waals surface area contributed by atoms with Crippen molar-refractivity contribution < 1.29 is 9.53 Å². The zero-order valence-electron chi connectivity index (χ0n) is 14.6. The second kappa shape index (κ2) is 7.00. The van der Waals surface area contributed by atoms with E-state index in [1.807, 2.05) is 59.3 Å². The van der Waals surface area contributed by atoms with Gasteiger partial charge in [0.25, 0.3) is 0 Å². The molecule has 0 bridgehead atoms. The highest BCUT2D eigenvalue weighted by atomic mass is 16.5. The van der Waals surface area contributed by atoms with Gasteiger partial charge in [0, 0.05) is 12.0 Å². The van der Waals surface area contributed by atoms with Crippen LogP contribution in [0.15, 0.2) is 54.6 Å². The summed E-state index contributed by atoms with van der Waals surface area (Å²) in [7, 11) is 1.65. The van der Waals surface area contributed by atoms with Crippen molar-refractivity contribution in [1.29, 1.82) is 0 Å². The fourth-order valence-corrected chi connectivity index (χ4v) is 3.15. The Morgan fingerprint density at radius 1 is 1.15 bits per heavy atom. The van der Waals surface area contributed by atoms with Crippen LogP contribution in [0.1, 0.15) is 30.3 Å². The van der Waals surface area contributed by atoms with Crippen LogP contribution in [0.25, 0.3) is 11.4 Å². The Morgan fingerprint density at radius 3 is 2.58 bits per heavy atom. The zero-order chi connectivity index (χ0) is 17.9. The van der Waals surface area contributed by atoms with Crippen molar-refractivity contribution in [1.82, 2.24) is 20.1 Å². The summed E-state index contributed by atoms with van der Waals surface area (Å²) >= 11 is 0.